The Balaban J connectivity index is 0.000000442. The molecule has 3 aromatic rings. The third kappa shape index (κ3) is 10.8. The summed E-state index contributed by atoms with van der Waals surface area (Å²) in [5, 5.41) is 39.8. The number of fused-ring (bicyclic) bond motifs is 2. The van der Waals surface area contributed by atoms with Crippen molar-refractivity contribution in [1.82, 2.24) is 15.5 Å². The number of unbranched alkanes of at least 4 members (excludes halogenated alkanes) is 5. The van der Waals surface area contributed by atoms with Gasteiger partial charge in [-0.3, -0.25) is 19.5 Å². The molecule has 1 amide bonds. The monoisotopic (exact) mass is 710 g/mol. The van der Waals surface area contributed by atoms with Crippen molar-refractivity contribution in [1.29, 1.82) is 0 Å². The number of phenols is 1. The number of hydrogen-bond donors (Lipinski definition) is 6. The van der Waals surface area contributed by atoms with E-state index in [-0.39, 0.29) is 11.2 Å². The molecule has 0 bridgehead atoms. The Kier molecular flexibility index (Phi) is 15.9. The van der Waals surface area contributed by atoms with Gasteiger partial charge >= 0.3 is 0 Å². The number of nitrogens with two attached hydrogens (primary N) is 1. The van der Waals surface area contributed by atoms with Crippen LogP contribution < -0.4 is 26.5 Å². The number of hydrogen-bond acceptors (Lipinski definition) is 12. The van der Waals surface area contributed by atoms with Crippen LogP contribution in [0.2, 0.25) is 0 Å². The summed E-state index contributed by atoms with van der Waals surface area (Å²) in [5.74, 6) is 0.432. The predicted octanol–water partition coefficient (Wildman–Crippen LogP) is 6.41. The number of aromatic nitrogens is 2. The molecule has 1 aromatic heterocycles. The summed E-state index contributed by atoms with van der Waals surface area (Å²) < 4.78 is 6.54. The third-order valence-electron chi connectivity index (χ3n) is 6.89. The van der Waals surface area contributed by atoms with Crippen LogP contribution in [0.1, 0.15) is 55.8 Å². The van der Waals surface area contributed by atoms with Crippen LogP contribution in [0, 0.1) is 0 Å². The van der Waals surface area contributed by atoms with Crippen molar-refractivity contribution in [2.24, 2.45) is 5.14 Å². The van der Waals surface area contributed by atoms with Crippen LogP contribution in [0.3, 0.4) is 0 Å². The summed E-state index contributed by atoms with van der Waals surface area (Å²) in [6.45, 7) is 3.01. The number of amides is 1. The Bertz CT molecular complexity index is 1830. The maximum Gasteiger partial charge on any atom is 0.213 e. The Morgan fingerprint density at radius 1 is 1.00 bits per heavy atom. The summed E-state index contributed by atoms with van der Waals surface area (Å²) in [6, 6.07) is 14.9. The molecule has 0 unspecified atom stereocenters. The van der Waals surface area contributed by atoms with Gasteiger partial charge in [0.05, 0.1) is 0 Å². The lowest BCUT2D eigenvalue weighted by Crippen LogP contribution is -2.29. The molecule has 7 N–H and O–H groups in total. The molecule has 0 saturated heterocycles. The van der Waals surface area contributed by atoms with Crippen LogP contribution in [0.25, 0.3) is 33.4 Å². The van der Waals surface area contributed by atoms with Crippen molar-refractivity contribution in [2.75, 3.05) is 24.3 Å². The second-order valence-electron chi connectivity index (χ2n) is 10.1. The van der Waals surface area contributed by atoms with Crippen LogP contribution in [0.15, 0.2) is 68.1 Å². The molecule has 2 aliphatic rings. The summed E-state index contributed by atoms with van der Waals surface area (Å²) in [6.07, 6.45) is 8.63. The number of phenolic OH excluding ortho intramolecular Hbond substituents is 1. The number of benzene rings is 3. The lowest BCUT2D eigenvalue weighted by Gasteiger charge is -2.17. The van der Waals surface area contributed by atoms with E-state index in [4.69, 9.17) is 26.9 Å². The topological polar surface area (TPSA) is 193 Å². The fourth-order valence-corrected chi connectivity index (χ4v) is 5.94. The summed E-state index contributed by atoms with van der Waals surface area (Å²) >= 11 is 7.67. The molecular formula is C33H38N6O6S3. The summed E-state index contributed by atoms with van der Waals surface area (Å²) in [4.78, 5) is 34.0. The Morgan fingerprint density at radius 2 is 1.75 bits per heavy atom. The van der Waals surface area contributed by atoms with Gasteiger partial charge in [-0.05, 0) is 72.5 Å². The van der Waals surface area contributed by atoms with Crippen LogP contribution in [-0.4, -0.2) is 51.9 Å². The van der Waals surface area contributed by atoms with Gasteiger partial charge in [0.15, 0.2) is 21.2 Å². The molecular weight excluding hydrogens is 673 g/mol. The first-order chi connectivity index (χ1) is 23.4. The van der Waals surface area contributed by atoms with E-state index in [1.807, 2.05) is 12.1 Å². The molecule has 48 heavy (non-hydrogen) atoms. The molecule has 2 heterocycles. The van der Waals surface area contributed by atoms with E-state index in [1.165, 1.54) is 61.6 Å². The molecule has 0 spiro atoms. The molecule has 12 nitrogen and oxygen atoms in total. The molecule has 5 rings (SSSR count). The fraction of sp³-hybridized carbons (Fsp3) is 0.273. The first kappa shape index (κ1) is 38.0. The van der Waals surface area contributed by atoms with Gasteiger partial charge in [-0.2, -0.15) is 0 Å². The molecule has 0 atom stereocenters. The molecule has 0 fully saturated rings. The zero-order chi connectivity index (χ0) is 34.9. The van der Waals surface area contributed by atoms with Crippen molar-refractivity contribution >= 4 is 75.1 Å². The first-order valence-corrected chi connectivity index (χ1v) is 17.2. The van der Waals surface area contributed by atoms with Crippen LogP contribution in [0.4, 0.5) is 10.8 Å². The minimum absolute atomic E-state index is 0.0481. The van der Waals surface area contributed by atoms with Gasteiger partial charge in [-0.1, -0.05) is 56.4 Å². The number of carbonyl (C=O) groups excluding carboxylic acids is 2. The average Bonchev–Trinajstić information content (AvgIpc) is 3.56. The standard InChI is InChI=1S/C29H30N2O4S.C3H4N4OS2.CH4O/c1-2-3-4-5-6-7-14-30-29(36)31-20-8-11-23(19(15-20)18-32)28-24-12-9-21(33)16-26(24)35-27-17-22(34)10-13-25(27)28;4-10-3-7-6-2(9-3)5-1-8;1-2/h8-13,15-18,33H,2-7,14H2,1H3,(H2,30,31,36);1H,4H2,(H,5,6,8);2H,1H3. The van der Waals surface area contributed by atoms with Crippen molar-refractivity contribution in [2.45, 2.75) is 49.8 Å². The smallest absolute Gasteiger partial charge is 0.213 e. The van der Waals surface area contributed by atoms with E-state index in [9.17, 15) is 19.5 Å². The van der Waals surface area contributed by atoms with Gasteiger partial charge in [0.1, 0.15) is 17.1 Å². The van der Waals surface area contributed by atoms with Gasteiger partial charge in [-0.15, -0.1) is 10.2 Å². The highest BCUT2D eigenvalue weighted by atomic mass is 32.2. The van der Waals surface area contributed by atoms with Crippen LogP contribution in [0.5, 0.6) is 5.75 Å². The maximum absolute atomic E-state index is 12.1. The predicted molar refractivity (Wildman–Crippen MR) is 197 cm³/mol. The second-order valence-corrected chi connectivity index (χ2v) is 12.4. The molecule has 2 aromatic carbocycles. The van der Waals surface area contributed by atoms with E-state index in [0.29, 0.717) is 54.7 Å². The third-order valence-corrected chi connectivity index (χ3v) is 8.61. The van der Waals surface area contributed by atoms with Crippen molar-refractivity contribution in [3.05, 3.63) is 70.4 Å². The molecule has 254 valence electrons. The highest BCUT2D eigenvalue weighted by Crippen LogP contribution is 2.42. The van der Waals surface area contributed by atoms with Gasteiger partial charge in [0.2, 0.25) is 11.5 Å². The SMILES string of the molecule is CCCCCCCCNC(=S)Nc1ccc(-c2c3ccc(=O)cc-3oc3cc(O)ccc23)c(C=O)c1.CO.NSc1nnc(NC=O)s1. The van der Waals surface area contributed by atoms with Crippen molar-refractivity contribution in [3.8, 4) is 28.2 Å². The van der Waals surface area contributed by atoms with Gasteiger partial charge in [-0.25, -0.2) is 0 Å². The lowest BCUT2D eigenvalue weighted by atomic mass is 9.91. The first-order valence-electron chi connectivity index (χ1n) is 15.1. The van der Waals surface area contributed by atoms with Crippen molar-refractivity contribution in [3.63, 3.8) is 0 Å². The van der Waals surface area contributed by atoms with Crippen LogP contribution >= 0.6 is 35.5 Å². The Labute approximate surface area is 291 Å². The molecule has 0 radical (unpaired) electrons. The molecule has 0 saturated carbocycles. The maximum atomic E-state index is 12.1. The van der Waals surface area contributed by atoms with Crippen LogP contribution in [-0.2, 0) is 4.79 Å². The summed E-state index contributed by atoms with van der Waals surface area (Å²) in [7, 11) is 1.00. The normalized spacial score (nSPS) is 10.3. The second kappa shape index (κ2) is 20.1. The van der Waals surface area contributed by atoms with E-state index in [0.717, 1.165) is 49.3 Å². The zero-order valence-corrected chi connectivity index (χ0v) is 29.0. The number of carbonyl (C=O) groups is 2. The Hall–Kier alpha value is -4.41. The molecule has 15 heteroatoms. The van der Waals surface area contributed by atoms with E-state index >= 15 is 0 Å². The summed E-state index contributed by atoms with van der Waals surface area (Å²) in [5.41, 5.74) is 3.55. The number of nitrogens with one attached hydrogen (secondary N) is 3. The number of rotatable bonds is 13. The number of aldehydes is 1. The Morgan fingerprint density at radius 3 is 2.46 bits per heavy atom. The van der Waals surface area contributed by atoms with E-state index < -0.39 is 0 Å². The van der Waals surface area contributed by atoms with Crippen molar-refractivity contribution < 1.29 is 24.2 Å². The van der Waals surface area contributed by atoms with Gasteiger partial charge < -0.3 is 30.6 Å². The highest BCUT2D eigenvalue weighted by Gasteiger charge is 2.20. The van der Waals surface area contributed by atoms with E-state index in [2.05, 4.69) is 33.1 Å². The molecule has 1 aliphatic carbocycles. The average molecular weight is 711 g/mol. The zero-order valence-electron chi connectivity index (χ0n) is 26.5. The quantitative estimate of drug-likeness (QED) is 0.0196. The number of anilines is 2. The minimum Gasteiger partial charge on any atom is -0.508 e. The number of aliphatic hydroxyl groups excluding tert-OH is 1. The number of nitrogens with zero attached hydrogens (tertiary/aromatic N) is 2. The highest BCUT2D eigenvalue weighted by molar-refractivity contribution is 7.98. The van der Waals surface area contributed by atoms with Gasteiger partial charge in [0, 0.05) is 53.6 Å². The molecule has 1 aliphatic heterocycles. The largest absolute Gasteiger partial charge is 0.508 e. The lowest BCUT2D eigenvalue weighted by molar-refractivity contribution is -0.105. The number of thiocarbonyl (C=S) groups is 1. The fourth-order valence-electron chi connectivity index (χ4n) is 4.76. The number of aliphatic hydroxyl groups is 1. The van der Waals surface area contributed by atoms with E-state index in [1.54, 1.807) is 24.3 Å². The number of aromatic hydroxyl groups is 1. The minimum atomic E-state index is -0.186. The van der Waals surface area contributed by atoms with Gasteiger partial charge in [0.25, 0.3) is 0 Å².